The van der Waals surface area contributed by atoms with Gasteiger partial charge in [-0.3, -0.25) is 4.79 Å². The van der Waals surface area contributed by atoms with Gasteiger partial charge in [0, 0.05) is 24.0 Å². The van der Waals surface area contributed by atoms with E-state index in [9.17, 15) is 9.59 Å². The van der Waals surface area contributed by atoms with Gasteiger partial charge >= 0.3 is 6.03 Å². The Morgan fingerprint density at radius 1 is 0.794 bits per heavy atom. The van der Waals surface area contributed by atoms with Crippen LogP contribution in [0.1, 0.15) is 135 Å². The highest BCUT2D eigenvalue weighted by Crippen LogP contribution is 2.33. The molecule has 0 unspecified atom stereocenters. The van der Waals surface area contributed by atoms with E-state index < -0.39 is 0 Å². The number of thioether (sulfide) groups is 1. The van der Waals surface area contributed by atoms with E-state index in [4.69, 9.17) is 0 Å². The summed E-state index contributed by atoms with van der Waals surface area (Å²) >= 11 is 1.95. The molecule has 2 aliphatic heterocycles. The molecule has 0 aromatic carbocycles. The van der Waals surface area contributed by atoms with E-state index in [1.165, 1.54) is 96.3 Å². The third-order valence-corrected chi connectivity index (χ3v) is 8.94. The van der Waals surface area contributed by atoms with Crippen molar-refractivity contribution in [3.8, 4) is 0 Å². The third-order valence-electron chi connectivity index (χ3n) is 7.43. The van der Waals surface area contributed by atoms with Crippen LogP contribution in [0.2, 0.25) is 0 Å². The number of hydrogen-bond acceptors (Lipinski definition) is 3. The topological polar surface area (TPSA) is 70.2 Å². The minimum Gasteiger partial charge on any atom is -0.356 e. The molecule has 0 aromatic rings. The summed E-state index contributed by atoms with van der Waals surface area (Å²) in [5, 5.41) is 9.61. The summed E-state index contributed by atoms with van der Waals surface area (Å²) in [4.78, 5) is 23.5. The first-order valence-corrected chi connectivity index (χ1v) is 15.7. The Morgan fingerprint density at radius 2 is 1.35 bits per heavy atom. The Labute approximate surface area is 214 Å². The van der Waals surface area contributed by atoms with Crippen molar-refractivity contribution in [2.45, 2.75) is 153 Å². The van der Waals surface area contributed by atoms with Crippen molar-refractivity contribution in [3.05, 3.63) is 0 Å². The fourth-order valence-corrected chi connectivity index (χ4v) is 6.81. The van der Waals surface area contributed by atoms with Crippen LogP contribution in [0.3, 0.4) is 0 Å². The maximum atomic E-state index is 12.0. The first-order valence-electron chi connectivity index (χ1n) is 14.7. The number of nitrogens with one attached hydrogen (secondary N) is 3. The summed E-state index contributed by atoms with van der Waals surface area (Å²) < 4.78 is 0. The average Bonchev–Trinajstić information content (AvgIpc) is 3.38. The lowest BCUT2D eigenvalue weighted by Gasteiger charge is -2.16. The Hall–Kier alpha value is -0.910. The van der Waals surface area contributed by atoms with Gasteiger partial charge < -0.3 is 16.0 Å². The number of carbonyl (C=O) groups excluding carboxylic acids is 2. The highest BCUT2D eigenvalue weighted by molar-refractivity contribution is 8.00. The van der Waals surface area contributed by atoms with Gasteiger partial charge in [0.15, 0.2) is 0 Å². The summed E-state index contributed by atoms with van der Waals surface area (Å²) in [5.41, 5.74) is 0. The molecule has 0 bridgehead atoms. The standard InChI is InChI=1S/C28H53N3O2S/c1-2-3-4-5-6-7-8-9-10-11-12-13-14-15-16-19-22-29-26(32)21-18-17-20-25-27-24(23-34-25)30-28(33)31-27/h24-25,27H,2-23H2,1H3,(H,29,32)(H2,30,31,33)/t24-,25-,27-/m0/s1. The molecule has 6 heteroatoms. The van der Waals surface area contributed by atoms with E-state index in [0.29, 0.717) is 17.7 Å². The van der Waals surface area contributed by atoms with Crippen LogP contribution in [0.15, 0.2) is 0 Å². The maximum Gasteiger partial charge on any atom is 0.315 e. The molecule has 34 heavy (non-hydrogen) atoms. The molecule has 3 atom stereocenters. The van der Waals surface area contributed by atoms with Crippen LogP contribution in [-0.2, 0) is 4.79 Å². The second kappa shape index (κ2) is 19.3. The number of fused-ring (bicyclic) bond motifs is 1. The third kappa shape index (κ3) is 13.3. The van der Waals surface area contributed by atoms with Crippen molar-refractivity contribution < 1.29 is 9.59 Å². The van der Waals surface area contributed by atoms with Crippen molar-refractivity contribution >= 4 is 23.7 Å². The number of unbranched alkanes of at least 4 members (excludes halogenated alkanes) is 16. The molecule has 2 aliphatic rings. The summed E-state index contributed by atoms with van der Waals surface area (Å²) in [5.74, 6) is 1.21. The first-order chi connectivity index (χ1) is 16.7. The second-order valence-corrected chi connectivity index (χ2v) is 11.8. The maximum absolute atomic E-state index is 12.0. The smallest absolute Gasteiger partial charge is 0.315 e. The molecule has 0 spiro atoms. The fourth-order valence-electron chi connectivity index (χ4n) is 5.26. The van der Waals surface area contributed by atoms with Gasteiger partial charge in [-0.1, -0.05) is 110 Å². The first kappa shape index (κ1) is 29.3. The summed E-state index contributed by atoms with van der Waals surface area (Å²) in [6.45, 7) is 3.12. The summed E-state index contributed by atoms with van der Waals surface area (Å²) in [7, 11) is 0. The van der Waals surface area contributed by atoms with Crippen molar-refractivity contribution in [3.63, 3.8) is 0 Å². The Bertz CT molecular complexity index is 546. The van der Waals surface area contributed by atoms with Crippen LogP contribution in [0.5, 0.6) is 0 Å². The van der Waals surface area contributed by atoms with E-state index in [0.717, 1.165) is 38.0 Å². The zero-order valence-electron chi connectivity index (χ0n) is 22.0. The van der Waals surface area contributed by atoms with Crippen LogP contribution in [0.25, 0.3) is 0 Å². The monoisotopic (exact) mass is 495 g/mol. The number of urea groups is 1. The highest BCUT2D eigenvalue weighted by atomic mass is 32.2. The van der Waals surface area contributed by atoms with Crippen LogP contribution >= 0.6 is 11.8 Å². The largest absolute Gasteiger partial charge is 0.356 e. The second-order valence-electron chi connectivity index (χ2n) is 10.5. The average molecular weight is 496 g/mol. The number of rotatable bonds is 22. The van der Waals surface area contributed by atoms with Gasteiger partial charge in [-0.05, 0) is 19.3 Å². The van der Waals surface area contributed by atoms with Crippen molar-refractivity contribution in [2.24, 2.45) is 0 Å². The molecular weight excluding hydrogens is 442 g/mol. The van der Waals surface area contributed by atoms with Crippen molar-refractivity contribution in [1.82, 2.24) is 16.0 Å². The predicted molar refractivity (Wildman–Crippen MR) is 147 cm³/mol. The molecule has 2 fully saturated rings. The number of carbonyl (C=O) groups is 2. The molecule has 2 rings (SSSR count). The normalized spacial score (nSPS) is 21.3. The van der Waals surface area contributed by atoms with Crippen molar-refractivity contribution in [2.75, 3.05) is 12.3 Å². The molecule has 2 heterocycles. The van der Waals surface area contributed by atoms with Gasteiger partial charge in [-0.25, -0.2) is 4.79 Å². The minimum atomic E-state index is -0.0197. The Morgan fingerprint density at radius 3 is 1.94 bits per heavy atom. The molecule has 0 aliphatic carbocycles. The van der Waals surface area contributed by atoms with E-state index in [1.807, 2.05) is 11.8 Å². The highest BCUT2D eigenvalue weighted by Gasteiger charge is 2.42. The molecule has 0 radical (unpaired) electrons. The Kier molecular flexibility index (Phi) is 16.6. The quantitative estimate of drug-likeness (QED) is 0.111. The molecule has 198 valence electrons. The van der Waals surface area contributed by atoms with E-state index in [-0.39, 0.29) is 18.0 Å². The van der Waals surface area contributed by atoms with Crippen LogP contribution in [0.4, 0.5) is 4.79 Å². The Balaban J connectivity index is 1.26. The lowest BCUT2D eigenvalue weighted by molar-refractivity contribution is -0.121. The van der Waals surface area contributed by atoms with Gasteiger partial charge in [-0.2, -0.15) is 11.8 Å². The van der Waals surface area contributed by atoms with Gasteiger partial charge in [-0.15, -0.1) is 0 Å². The molecule has 0 saturated carbocycles. The molecular formula is C28H53N3O2S. The molecule has 5 nitrogen and oxygen atoms in total. The number of hydrogen-bond donors (Lipinski definition) is 3. The number of amides is 3. The van der Waals surface area contributed by atoms with Crippen molar-refractivity contribution in [1.29, 1.82) is 0 Å². The predicted octanol–water partition coefficient (Wildman–Crippen LogP) is 7.09. The van der Waals surface area contributed by atoms with Crippen LogP contribution < -0.4 is 16.0 Å². The van der Waals surface area contributed by atoms with E-state index in [2.05, 4.69) is 22.9 Å². The van der Waals surface area contributed by atoms with E-state index in [1.54, 1.807) is 0 Å². The lowest BCUT2D eigenvalue weighted by atomic mass is 10.0. The van der Waals surface area contributed by atoms with Gasteiger partial charge in [0.25, 0.3) is 0 Å². The molecule has 0 aromatic heterocycles. The summed E-state index contributed by atoms with van der Waals surface area (Å²) in [6.07, 6.45) is 25.7. The fraction of sp³-hybridized carbons (Fsp3) is 0.929. The van der Waals surface area contributed by atoms with Gasteiger partial charge in [0.2, 0.25) is 5.91 Å². The minimum absolute atomic E-state index is 0.0197. The van der Waals surface area contributed by atoms with Crippen LogP contribution in [0, 0.1) is 0 Å². The SMILES string of the molecule is CCCCCCCCCCCCCCCCCCNC(=O)CCCC[C@@H]1SC[C@@H]2NC(=O)N[C@@H]21. The van der Waals surface area contributed by atoms with Gasteiger partial charge in [0.1, 0.15) is 0 Å². The molecule has 3 N–H and O–H groups in total. The zero-order valence-corrected chi connectivity index (χ0v) is 22.8. The van der Waals surface area contributed by atoms with E-state index >= 15 is 0 Å². The van der Waals surface area contributed by atoms with Crippen LogP contribution in [-0.4, -0.2) is 41.6 Å². The molecule has 3 amide bonds. The van der Waals surface area contributed by atoms with Gasteiger partial charge in [0.05, 0.1) is 12.1 Å². The molecule has 2 saturated heterocycles. The lowest BCUT2D eigenvalue weighted by Crippen LogP contribution is -2.36. The zero-order chi connectivity index (χ0) is 24.3. The summed E-state index contributed by atoms with van der Waals surface area (Å²) in [6, 6.07) is 0.556.